The summed E-state index contributed by atoms with van der Waals surface area (Å²) < 4.78 is 0. The van der Waals surface area contributed by atoms with Gasteiger partial charge in [0.05, 0.1) is 0 Å². The Morgan fingerprint density at radius 1 is 1.00 bits per heavy atom. The second-order valence-electron chi connectivity index (χ2n) is 6.93. The van der Waals surface area contributed by atoms with Crippen LogP contribution in [0.25, 0.3) is 11.1 Å². The number of hydrogen-bond donors (Lipinski definition) is 0. The third-order valence-corrected chi connectivity index (χ3v) is 6.17. The van der Waals surface area contributed by atoms with Gasteiger partial charge in [0.15, 0.2) is 0 Å². The molecule has 1 unspecified atom stereocenters. The van der Waals surface area contributed by atoms with Crippen LogP contribution in [0.3, 0.4) is 0 Å². The maximum absolute atomic E-state index is 2.63. The number of hydrogen-bond acceptors (Lipinski definition) is 2. The van der Waals surface area contributed by atoms with Crippen LogP contribution in [0, 0.1) is 5.92 Å². The lowest BCUT2D eigenvalue weighted by molar-refractivity contribution is 0.262. The zero-order valence-electron chi connectivity index (χ0n) is 14.2. The van der Waals surface area contributed by atoms with E-state index in [1.807, 2.05) is 11.3 Å². The summed E-state index contributed by atoms with van der Waals surface area (Å²) in [6, 6.07) is 15.3. The molecule has 1 aliphatic heterocycles. The van der Waals surface area contributed by atoms with Crippen LogP contribution in [-0.4, -0.2) is 24.5 Å². The summed E-state index contributed by atoms with van der Waals surface area (Å²) in [7, 11) is 0. The Morgan fingerprint density at radius 3 is 2.67 bits per heavy atom. The van der Waals surface area contributed by atoms with Crippen molar-refractivity contribution in [3.8, 4) is 0 Å². The fourth-order valence-corrected chi connectivity index (χ4v) is 4.72. The summed E-state index contributed by atoms with van der Waals surface area (Å²) in [5, 5.41) is 2.19. The minimum absolute atomic E-state index is 0.725. The van der Waals surface area contributed by atoms with Gasteiger partial charge in [-0.1, -0.05) is 48.6 Å². The third kappa shape index (κ3) is 3.71. The van der Waals surface area contributed by atoms with Crippen molar-refractivity contribution in [2.45, 2.75) is 25.7 Å². The number of benzene rings is 1. The van der Waals surface area contributed by atoms with Crippen LogP contribution >= 0.6 is 11.3 Å². The maximum Gasteiger partial charge on any atom is 0.0299 e. The molecule has 0 spiro atoms. The van der Waals surface area contributed by atoms with E-state index < -0.39 is 0 Å². The Bertz CT molecular complexity index is 712. The second-order valence-corrected chi connectivity index (χ2v) is 7.87. The van der Waals surface area contributed by atoms with Crippen LogP contribution in [0.1, 0.15) is 36.1 Å². The van der Waals surface area contributed by atoms with Crippen LogP contribution in [0.4, 0.5) is 0 Å². The van der Waals surface area contributed by atoms with E-state index in [2.05, 4.69) is 64.9 Å². The highest BCUT2D eigenvalue weighted by molar-refractivity contribution is 7.11. The van der Waals surface area contributed by atoms with E-state index in [4.69, 9.17) is 0 Å². The van der Waals surface area contributed by atoms with E-state index >= 15 is 0 Å². The molecule has 0 fully saturated rings. The second kappa shape index (κ2) is 7.50. The fourth-order valence-electron chi connectivity index (χ4n) is 3.94. The summed E-state index contributed by atoms with van der Waals surface area (Å²) in [4.78, 5) is 4.11. The summed E-state index contributed by atoms with van der Waals surface area (Å²) in [6.45, 7) is 3.51. The molecule has 0 radical (unpaired) electrons. The first-order valence-electron chi connectivity index (χ1n) is 9.10. The lowest BCUT2D eigenvalue weighted by Gasteiger charge is -2.31. The molecular weight excluding hydrogens is 310 g/mol. The van der Waals surface area contributed by atoms with E-state index in [0.717, 1.165) is 12.5 Å². The molecule has 124 valence electrons. The minimum Gasteiger partial charge on any atom is -0.299 e. The van der Waals surface area contributed by atoms with Gasteiger partial charge in [0.1, 0.15) is 0 Å². The predicted octanol–water partition coefficient (Wildman–Crippen LogP) is 5.72. The van der Waals surface area contributed by atoms with Gasteiger partial charge in [0.2, 0.25) is 0 Å². The molecule has 0 saturated carbocycles. The van der Waals surface area contributed by atoms with E-state index in [-0.39, 0.29) is 0 Å². The van der Waals surface area contributed by atoms with Crippen molar-refractivity contribution >= 4 is 22.5 Å². The van der Waals surface area contributed by atoms with Crippen molar-refractivity contribution in [2.24, 2.45) is 5.92 Å². The van der Waals surface area contributed by atoms with Crippen molar-refractivity contribution in [2.75, 3.05) is 19.6 Å². The predicted molar refractivity (Wildman–Crippen MR) is 105 cm³/mol. The normalized spacial score (nSPS) is 22.1. The van der Waals surface area contributed by atoms with Crippen molar-refractivity contribution in [3.63, 3.8) is 0 Å². The molecule has 2 aromatic rings. The molecule has 2 heterocycles. The first-order chi connectivity index (χ1) is 11.9. The van der Waals surface area contributed by atoms with Gasteiger partial charge in [-0.3, -0.25) is 4.90 Å². The molecule has 1 atom stereocenters. The van der Waals surface area contributed by atoms with Gasteiger partial charge in [0, 0.05) is 24.5 Å². The molecule has 2 heteroatoms. The molecule has 1 aliphatic carbocycles. The standard InChI is InChI=1S/C22H25NS/c1-2-7-19(8-3-1)20-11-13-23(14-12-20)17-18-6-4-9-21(16-18)22-10-5-15-24-22/h1-3,5,7-8,10-11,15-16,18H,4,6,9,12-14,17H2. The lowest BCUT2D eigenvalue weighted by Crippen LogP contribution is -2.33. The third-order valence-electron chi connectivity index (χ3n) is 5.23. The Kier molecular flexibility index (Phi) is 4.96. The summed E-state index contributed by atoms with van der Waals surface area (Å²) in [5.74, 6) is 0.725. The number of rotatable bonds is 4. The van der Waals surface area contributed by atoms with Gasteiger partial charge in [-0.05, 0) is 59.8 Å². The van der Waals surface area contributed by atoms with Gasteiger partial charge in [0.25, 0.3) is 0 Å². The lowest BCUT2D eigenvalue weighted by atomic mass is 9.89. The molecule has 0 amide bonds. The van der Waals surface area contributed by atoms with Crippen molar-refractivity contribution in [1.82, 2.24) is 4.90 Å². The molecule has 1 aromatic carbocycles. The van der Waals surface area contributed by atoms with Crippen molar-refractivity contribution < 1.29 is 0 Å². The SMILES string of the molecule is C1=C(c2ccccc2)CCN(CC2C=C(c3cccs3)CCC2)C1. The smallest absolute Gasteiger partial charge is 0.0299 e. The van der Waals surface area contributed by atoms with E-state index in [1.165, 1.54) is 54.8 Å². The van der Waals surface area contributed by atoms with Crippen molar-refractivity contribution in [3.05, 3.63) is 70.4 Å². The molecule has 1 aromatic heterocycles. The summed E-state index contributed by atoms with van der Waals surface area (Å²) >= 11 is 1.88. The maximum atomic E-state index is 2.63. The topological polar surface area (TPSA) is 3.24 Å². The molecule has 24 heavy (non-hydrogen) atoms. The molecule has 1 nitrogen and oxygen atoms in total. The molecule has 0 N–H and O–H groups in total. The summed E-state index contributed by atoms with van der Waals surface area (Å²) in [5.41, 5.74) is 4.50. The Balaban J connectivity index is 1.38. The van der Waals surface area contributed by atoms with Gasteiger partial charge in [-0.25, -0.2) is 0 Å². The summed E-state index contributed by atoms with van der Waals surface area (Å²) in [6.07, 6.45) is 10.1. The first kappa shape index (κ1) is 15.9. The molecule has 4 rings (SSSR count). The zero-order chi connectivity index (χ0) is 16.2. The number of thiophene rings is 1. The van der Waals surface area contributed by atoms with Crippen LogP contribution in [0.5, 0.6) is 0 Å². The quantitative estimate of drug-likeness (QED) is 0.690. The van der Waals surface area contributed by atoms with Gasteiger partial charge in [-0.2, -0.15) is 0 Å². The molecule has 0 bridgehead atoms. The highest BCUT2D eigenvalue weighted by Gasteiger charge is 2.20. The number of nitrogens with zero attached hydrogens (tertiary/aromatic N) is 1. The zero-order valence-corrected chi connectivity index (χ0v) is 15.0. The highest BCUT2D eigenvalue weighted by atomic mass is 32.1. The van der Waals surface area contributed by atoms with Gasteiger partial charge < -0.3 is 0 Å². The highest BCUT2D eigenvalue weighted by Crippen LogP contribution is 2.33. The molecule has 2 aliphatic rings. The minimum atomic E-state index is 0.725. The van der Waals surface area contributed by atoms with E-state index in [9.17, 15) is 0 Å². The molecule has 0 saturated heterocycles. The first-order valence-corrected chi connectivity index (χ1v) is 9.98. The average Bonchev–Trinajstić information content (AvgIpc) is 3.18. The van der Waals surface area contributed by atoms with E-state index in [1.54, 1.807) is 5.57 Å². The van der Waals surface area contributed by atoms with Crippen molar-refractivity contribution in [1.29, 1.82) is 0 Å². The number of allylic oxidation sites excluding steroid dienone is 1. The van der Waals surface area contributed by atoms with Crippen LogP contribution < -0.4 is 0 Å². The Hall–Kier alpha value is -1.64. The fraction of sp³-hybridized carbons (Fsp3) is 0.364. The molecular formula is C22H25NS. The van der Waals surface area contributed by atoms with Crippen LogP contribution in [0.2, 0.25) is 0 Å². The Morgan fingerprint density at radius 2 is 1.92 bits per heavy atom. The van der Waals surface area contributed by atoms with Crippen LogP contribution in [-0.2, 0) is 0 Å². The monoisotopic (exact) mass is 335 g/mol. The van der Waals surface area contributed by atoms with Gasteiger partial charge in [-0.15, -0.1) is 11.3 Å². The van der Waals surface area contributed by atoms with Crippen LogP contribution in [0.15, 0.2) is 60.0 Å². The Labute approximate surface area is 149 Å². The average molecular weight is 336 g/mol. The van der Waals surface area contributed by atoms with E-state index in [0.29, 0.717) is 0 Å². The van der Waals surface area contributed by atoms with Gasteiger partial charge >= 0.3 is 0 Å². The largest absolute Gasteiger partial charge is 0.299 e.